The van der Waals surface area contributed by atoms with Crippen molar-refractivity contribution in [1.82, 2.24) is 5.32 Å². The van der Waals surface area contributed by atoms with Crippen LogP contribution in [-0.4, -0.2) is 23.7 Å². The third-order valence-electron chi connectivity index (χ3n) is 1.81. The van der Waals surface area contributed by atoms with Gasteiger partial charge < -0.3 is 5.32 Å². The Kier molecular flexibility index (Phi) is 4.53. The molecule has 0 saturated heterocycles. The van der Waals surface area contributed by atoms with Crippen LogP contribution in [-0.2, 0) is 9.59 Å². The molecular weight excluding hydrogens is 279 g/mol. The Hall–Kier alpha value is -1.08. The summed E-state index contributed by atoms with van der Waals surface area (Å²) in [6.45, 7) is 0. The van der Waals surface area contributed by atoms with E-state index in [9.17, 15) is 22.8 Å². The van der Waals surface area contributed by atoms with E-state index in [1.165, 1.54) is 6.07 Å². The molecule has 1 aromatic heterocycles. The highest BCUT2D eigenvalue weighted by atomic mass is 35.5. The van der Waals surface area contributed by atoms with Gasteiger partial charge in [0.25, 0.3) is 0 Å². The van der Waals surface area contributed by atoms with Crippen molar-refractivity contribution in [3.05, 3.63) is 22.4 Å². The van der Waals surface area contributed by atoms with E-state index in [0.29, 0.717) is 4.88 Å². The Labute approximate surface area is 104 Å². The highest BCUT2D eigenvalue weighted by Crippen LogP contribution is 2.23. The molecule has 1 heterocycles. The maximum Gasteiger partial charge on any atom is 0.471 e. The number of carbonyl (C=O) groups excluding carboxylic acids is 2. The minimum atomic E-state index is -5.03. The Morgan fingerprint density at radius 2 is 2.12 bits per heavy atom. The Morgan fingerprint density at radius 3 is 2.53 bits per heavy atom. The number of hydrogen-bond donors (Lipinski definition) is 1. The standard InChI is InChI=1S/C9H7ClF3NO2S/c10-4-5(15)7(6-2-1-3-17-6)14-8(16)9(11,12)13/h1-3,7H,4H2,(H,14,16). The van der Waals surface area contributed by atoms with Crippen molar-refractivity contribution < 1.29 is 22.8 Å². The SMILES string of the molecule is O=C(CCl)C(NC(=O)C(F)(F)F)c1cccs1. The number of hydrogen-bond acceptors (Lipinski definition) is 3. The second kappa shape index (κ2) is 5.50. The predicted molar refractivity (Wildman–Crippen MR) is 57.0 cm³/mol. The molecule has 3 nitrogen and oxygen atoms in total. The first-order chi connectivity index (χ1) is 7.86. The number of nitrogens with one attached hydrogen (secondary N) is 1. The maximum absolute atomic E-state index is 12.1. The molecule has 1 rings (SSSR count). The van der Waals surface area contributed by atoms with Crippen molar-refractivity contribution in [1.29, 1.82) is 0 Å². The molecule has 0 aliphatic heterocycles. The quantitative estimate of drug-likeness (QED) is 0.863. The number of ketones is 1. The monoisotopic (exact) mass is 285 g/mol. The summed E-state index contributed by atoms with van der Waals surface area (Å²) in [5.74, 6) is -3.32. The molecule has 0 spiro atoms. The first-order valence-corrected chi connectivity index (χ1v) is 5.77. The van der Waals surface area contributed by atoms with Gasteiger partial charge in [-0.15, -0.1) is 22.9 Å². The van der Waals surface area contributed by atoms with Gasteiger partial charge in [0, 0.05) is 4.88 Å². The summed E-state index contributed by atoms with van der Waals surface area (Å²) in [5, 5.41) is 3.21. The van der Waals surface area contributed by atoms with Crippen LogP contribution in [0.3, 0.4) is 0 Å². The second-order valence-electron chi connectivity index (χ2n) is 3.02. The van der Waals surface area contributed by atoms with Crippen molar-refractivity contribution >= 4 is 34.6 Å². The fraction of sp³-hybridized carbons (Fsp3) is 0.333. The molecule has 1 amide bonds. The Bertz CT molecular complexity index is 405. The van der Waals surface area contributed by atoms with Crippen LogP contribution in [0, 0.1) is 0 Å². The molecule has 8 heteroatoms. The summed E-state index contributed by atoms with van der Waals surface area (Å²) < 4.78 is 36.2. The maximum atomic E-state index is 12.1. The van der Waals surface area contributed by atoms with E-state index in [0.717, 1.165) is 11.3 Å². The topological polar surface area (TPSA) is 46.2 Å². The van der Waals surface area contributed by atoms with Gasteiger partial charge in [0.15, 0.2) is 5.78 Å². The lowest BCUT2D eigenvalue weighted by atomic mass is 10.1. The van der Waals surface area contributed by atoms with Gasteiger partial charge >= 0.3 is 12.1 Å². The van der Waals surface area contributed by atoms with E-state index >= 15 is 0 Å². The zero-order chi connectivity index (χ0) is 13.1. The van der Waals surface area contributed by atoms with Crippen LogP contribution in [0.15, 0.2) is 17.5 Å². The summed E-state index contributed by atoms with van der Waals surface area (Å²) in [6.07, 6.45) is -5.03. The molecule has 0 aromatic carbocycles. The Morgan fingerprint density at radius 1 is 1.47 bits per heavy atom. The van der Waals surface area contributed by atoms with Crippen molar-refractivity contribution in [3.63, 3.8) is 0 Å². The summed E-state index contributed by atoms with van der Waals surface area (Å²) in [6, 6.07) is 1.67. The largest absolute Gasteiger partial charge is 0.471 e. The zero-order valence-electron chi connectivity index (χ0n) is 8.25. The van der Waals surface area contributed by atoms with E-state index in [1.807, 2.05) is 0 Å². The van der Waals surface area contributed by atoms with Crippen molar-refractivity contribution in [3.8, 4) is 0 Å². The molecule has 0 fully saturated rings. The highest BCUT2D eigenvalue weighted by molar-refractivity contribution is 7.10. The lowest BCUT2D eigenvalue weighted by Gasteiger charge is -2.16. The molecule has 1 N–H and O–H groups in total. The van der Waals surface area contributed by atoms with Crippen LogP contribution in [0.4, 0.5) is 13.2 Å². The molecule has 1 aromatic rings. The van der Waals surface area contributed by atoms with Crippen LogP contribution in [0.5, 0.6) is 0 Å². The van der Waals surface area contributed by atoms with Gasteiger partial charge in [0.05, 0.1) is 5.88 Å². The fourth-order valence-corrected chi connectivity index (χ4v) is 2.01. The first kappa shape index (κ1) is 14.0. The number of carbonyl (C=O) groups is 2. The van der Waals surface area contributed by atoms with Gasteiger partial charge in [-0.05, 0) is 11.4 Å². The normalized spacial score (nSPS) is 13.2. The lowest BCUT2D eigenvalue weighted by Crippen LogP contribution is -2.42. The molecule has 94 valence electrons. The van der Waals surface area contributed by atoms with Crippen molar-refractivity contribution in [2.45, 2.75) is 12.2 Å². The molecule has 1 unspecified atom stereocenters. The van der Waals surface area contributed by atoms with Gasteiger partial charge in [-0.25, -0.2) is 0 Å². The van der Waals surface area contributed by atoms with Crippen LogP contribution in [0.1, 0.15) is 10.9 Å². The van der Waals surface area contributed by atoms with Crippen molar-refractivity contribution in [2.24, 2.45) is 0 Å². The highest BCUT2D eigenvalue weighted by Gasteiger charge is 2.41. The molecule has 1 atom stereocenters. The van der Waals surface area contributed by atoms with Gasteiger partial charge in [-0.3, -0.25) is 9.59 Å². The number of Topliss-reactive ketones (excluding diaryl/α,β-unsaturated/α-hetero) is 1. The first-order valence-electron chi connectivity index (χ1n) is 4.36. The lowest BCUT2D eigenvalue weighted by molar-refractivity contribution is -0.174. The van der Waals surface area contributed by atoms with E-state index in [2.05, 4.69) is 0 Å². The summed E-state index contributed by atoms with van der Waals surface area (Å²) >= 11 is 6.35. The molecule has 0 aliphatic carbocycles. The number of rotatable bonds is 4. The van der Waals surface area contributed by atoms with E-state index in [4.69, 9.17) is 11.6 Å². The third kappa shape index (κ3) is 3.71. The number of halogens is 4. The average Bonchev–Trinajstić information content (AvgIpc) is 2.76. The number of alkyl halides is 4. The van der Waals surface area contributed by atoms with Crippen LogP contribution >= 0.6 is 22.9 Å². The predicted octanol–water partition coefficient (Wildman–Crippen LogP) is 2.28. The van der Waals surface area contributed by atoms with Gasteiger partial charge in [0.2, 0.25) is 0 Å². The van der Waals surface area contributed by atoms with Gasteiger partial charge in [0.1, 0.15) is 6.04 Å². The fourth-order valence-electron chi connectivity index (χ4n) is 1.06. The summed E-state index contributed by atoms with van der Waals surface area (Å²) in [5.41, 5.74) is 0. The molecular formula is C9H7ClF3NO2S. The van der Waals surface area contributed by atoms with Gasteiger partial charge in [-0.2, -0.15) is 13.2 Å². The summed E-state index contributed by atoms with van der Waals surface area (Å²) in [4.78, 5) is 22.4. The zero-order valence-corrected chi connectivity index (χ0v) is 9.83. The molecule has 17 heavy (non-hydrogen) atoms. The van der Waals surface area contributed by atoms with Crippen LogP contribution in [0.25, 0.3) is 0 Å². The average molecular weight is 286 g/mol. The molecule has 0 aliphatic rings. The number of thiophene rings is 1. The van der Waals surface area contributed by atoms with Crippen LogP contribution in [0.2, 0.25) is 0 Å². The van der Waals surface area contributed by atoms with Crippen molar-refractivity contribution in [2.75, 3.05) is 5.88 Å². The smallest absolute Gasteiger partial charge is 0.334 e. The Balaban J connectivity index is 2.87. The number of amides is 1. The summed E-state index contributed by atoms with van der Waals surface area (Å²) in [7, 11) is 0. The third-order valence-corrected chi connectivity index (χ3v) is 3.01. The van der Waals surface area contributed by atoms with E-state index in [1.54, 1.807) is 16.8 Å². The van der Waals surface area contributed by atoms with Gasteiger partial charge in [-0.1, -0.05) is 6.07 Å². The van der Waals surface area contributed by atoms with E-state index < -0.39 is 29.8 Å². The molecule has 0 radical (unpaired) electrons. The van der Waals surface area contributed by atoms with E-state index in [-0.39, 0.29) is 0 Å². The molecule has 0 bridgehead atoms. The van der Waals surface area contributed by atoms with Crippen LogP contribution < -0.4 is 5.32 Å². The second-order valence-corrected chi connectivity index (χ2v) is 4.27. The minimum Gasteiger partial charge on any atom is -0.334 e. The minimum absolute atomic E-state index is 0.313. The molecule has 0 saturated carbocycles.